The summed E-state index contributed by atoms with van der Waals surface area (Å²) < 4.78 is 0. The topological polar surface area (TPSA) is 18.5 Å². The highest BCUT2D eigenvalue weighted by Gasteiger charge is 2.18. The molecule has 1 heterocycles. The van der Waals surface area contributed by atoms with Crippen molar-refractivity contribution in [2.24, 2.45) is 0 Å². The van der Waals surface area contributed by atoms with E-state index < -0.39 is 0 Å². The van der Waals surface area contributed by atoms with Gasteiger partial charge in [0.1, 0.15) is 0 Å². The summed E-state index contributed by atoms with van der Waals surface area (Å²) in [5.41, 5.74) is 5.15. The van der Waals surface area contributed by atoms with E-state index in [-0.39, 0.29) is 0 Å². The number of hydrogen-bond acceptors (Lipinski definition) is 3. The third kappa shape index (κ3) is 4.60. The summed E-state index contributed by atoms with van der Waals surface area (Å²) in [5, 5.41) is 2.40. The molecule has 1 atom stereocenters. The fourth-order valence-corrected chi connectivity index (χ4v) is 2.56. The summed E-state index contributed by atoms with van der Waals surface area (Å²) in [4.78, 5) is 2.39. The van der Waals surface area contributed by atoms with E-state index in [1.807, 2.05) is 0 Å². The van der Waals surface area contributed by atoms with Crippen molar-refractivity contribution in [1.29, 1.82) is 0 Å². The molecule has 1 aromatic rings. The second kappa shape index (κ2) is 7.63. The average Bonchev–Trinajstić information content (AvgIpc) is 2.46. The lowest BCUT2D eigenvalue weighted by Gasteiger charge is -2.35. The van der Waals surface area contributed by atoms with E-state index >= 15 is 0 Å². The summed E-state index contributed by atoms with van der Waals surface area (Å²) in [7, 11) is 2.20. The van der Waals surface area contributed by atoms with Crippen molar-refractivity contribution in [1.82, 2.24) is 15.3 Å². The Labute approximate surface area is 117 Å². The van der Waals surface area contributed by atoms with Gasteiger partial charge in [-0.3, -0.25) is 0 Å². The minimum Gasteiger partial charge on any atom is -0.304 e. The molecule has 1 saturated heterocycles. The van der Waals surface area contributed by atoms with Crippen LogP contribution in [0.1, 0.15) is 37.8 Å². The van der Waals surface area contributed by atoms with Crippen molar-refractivity contribution in [3.05, 3.63) is 35.9 Å². The van der Waals surface area contributed by atoms with Gasteiger partial charge in [0.25, 0.3) is 0 Å². The molecule has 0 radical (unpaired) electrons. The molecule has 0 amide bonds. The van der Waals surface area contributed by atoms with Gasteiger partial charge in [0, 0.05) is 32.2 Å². The Morgan fingerprint density at radius 3 is 2.42 bits per heavy atom. The molecule has 1 aromatic carbocycles. The number of benzene rings is 1. The monoisotopic (exact) mass is 261 g/mol. The van der Waals surface area contributed by atoms with Crippen LogP contribution in [0.4, 0.5) is 0 Å². The summed E-state index contributed by atoms with van der Waals surface area (Å²) in [6, 6.07) is 11.3. The molecule has 0 aromatic heterocycles. The molecule has 1 aliphatic heterocycles. The van der Waals surface area contributed by atoms with Gasteiger partial charge in [0.2, 0.25) is 0 Å². The smallest absolute Gasteiger partial charge is 0.0464 e. The molecular weight excluding hydrogens is 234 g/mol. The predicted molar refractivity (Wildman–Crippen MR) is 80.9 cm³/mol. The Balaban J connectivity index is 1.94. The lowest BCUT2D eigenvalue weighted by molar-refractivity contribution is 0.0842. The highest BCUT2D eigenvalue weighted by Crippen LogP contribution is 2.20. The minimum absolute atomic E-state index is 0.463. The summed E-state index contributed by atoms with van der Waals surface area (Å²) in [6.45, 7) is 6.81. The summed E-state index contributed by atoms with van der Waals surface area (Å²) >= 11 is 0. The lowest BCUT2D eigenvalue weighted by Crippen LogP contribution is -2.51. The molecule has 0 aliphatic carbocycles. The van der Waals surface area contributed by atoms with E-state index in [0.29, 0.717) is 6.04 Å². The maximum atomic E-state index is 3.73. The third-order valence-corrected chi connectivity index (χ3v) is 3.89. The normalized spacial score (nSPS) is 19.5. The van der Waals surface area contributed by atoms with E-state index in [0.717, 1.165) is 26.2 Å². The molecule has 0 saturated carbocycles. The zero-order valence-electron chi connectivity index (χ0n) is 12.3. The fraction of sp³-hybridized carbons (Fsp3) is 0.625. The number of piperazine rings is 1. The van der Waals surface area contributed by atoms with Crippen molar-refractivity contribution in [3.63, 3.8) is 0 Å². The fourth-order valence-electron chi connectivity index (χ4n) is 2.56. The zero-order valence-corrected chi connectivity index (χ0v) is 12.3. The van der Waals surface area contributed by atoms with E-state index in [9.17, 15) is 0 Å². The first-order valence-corrected chi connectivity index (χ1v) is 7.54. The van der Waals surface area contributed by atoms with Gasteiger partial charge in [-0.25, -0.2) is 10.4 Å². The molecule has 3 heteroatoms. The third-order valence-electron chi connectivity index (χ3n) is 3.89. The first-order chi connectivity index (χ1) is 9.29. The SMILES string of the molecule is CCCCC(NN1CCN(C)CC1)c1ccccc1. The van der Waals surface area contributed by atoms with Crippen LogP contribution in [0.3, 0.4) is 0 Å². The highest BCUT2D eigenvalue weighted by atomic mass is 15.5. The number of nitrogens with one attached hydrogen (secondary N) is 1. The number of rotatable bonds is 6. The van der Waals surface area contributed by atoms with Gasteiger partial charge in [-0.2, -0.15) is 0 Å². The highest BCUT2D eigenvalue weighted by molar-refractivity contribution is 5.18. The van der Waals surface area contributed by atoms with Gasteiger partial charge in [0.15, 0.2) is 0 Å². The Morgan fingerprint density at radius 2 is 1.79 bits per heavy atom. The molecule has 2 rings (SSSR count). The van der Waals surface area contributed by atoms with Crippen LogP contribution in [0.2, 0.25) is 0 Å². The molecule has 1 fully saturated rings. The van der Waals surface area contributed by atoms with Crippen LogP contribution in [-0.2, 0) is 0 Å². The van der Waals surface area contributed by atoms with Crippen LogP contribution in [0, 0.1) is 0 Å². The van der Waals surface area contributed by atoms with Crippen molar-refractivity contribution in [2.45, 2.75) is 32.2 Å². The Bertz CT molecular complexity index is 344. The molecule has 0 bridgehead atoms. The van der Waals surface area contributed by atoms with Crippen LogP contribution in [0.25, 0.3) is 0 Å². The number of nitrogens with zero attached hydrogens (tertiary/aromatic N) is 2. The van der Waals surface area contributed by atoms with Gasteiger partial charge >= 0.3 is 0 Å². The molecule has 3 nitrogen and oxygen atoms in total. The second-order valence-corrected chi connectivity index (χ2v) is 5.52. The van der Waals surface area contributed by atoms with Crippen molar-refractivity contribution >= 4 is 0 Å². The molecule has 19 heavy (non-hydrogen) atoms. The summed E-state index contributed by atoms with van der Waals surface area (Å²) in [5.74, 6) is 0. The Hall–Kier alpha value is -0.900. The maximum absolute atomic E-state index is 3.73. The quantitative estimate of drug-likeness (QED) is 0.849. The van der Waals surface area contributed by atoms with Crippen LogP contribution >= 0.6 is 0 Å². The summed E-state index contributed by atoms with van der Waals surface area (Å²) in [6.07, 6.45) is 3.75. The van der Waals surface area contributed by atoms with Gasteiger partial charge < -0.3 is 4.90 Å². The van der Waals surface area contributed by atoms with E-state index in [1.165, 1.54) is 24.8 Å². The van der Waals surface area contributed by atoms with Crippen LogP contribution < -0.4 is 5.43 Å². The van der Waals surface area contributed by atoms with E-state index in [2.05, 4.69) is 59.6 Å². The van der Waals surface area contributed by atoms with Crippen LogP contribution in [-0.4, -0.2) is 43.1 Å². The Kier molecular flexibility index (Phi) is 5.83. The van der Waals surface area contributed by atoms with Gasteiger partial charge in [-0.1, -0.05) is 50.1 Å². The van der Waals surface area contributed by atoms with Crippen LogP contribution in [0.15, 0.2) is 30.3 Å². The van der Waals surface area contributed by atoms with Crippen molar-refractivity contribution < 1.29 is 0 Å². The minimum atomic E-state index is 0.463. The number of hydrazine groups is 1. The molecular formula is C16H27N3. The molecule has 1 unspecified atom stereocenters. The first-order valence-electron chi connectivity index (χ1n) is 7.54. The van der Waals surface area contributed by atoms with Crippen molar-refractivity contribution in [3.8, 4) is 0 Å². The number of unbranched alkanes of at least 4 members (excludes halogenated alkanes) is 1. The molecule has 1 N–H and O–H groups in total. The van der Waals surface area contributed by atoms with Gasteiger partial charge in [-0.15, -0.1) is 0 Å². The molecule has 1 aliphatic rings. The molecule has 0 spiro atoms. The Morgan fingerprint density at radius 1 is 1.11 bits per heavy atom. The first kappa shape index (κ1) is 14.5. The predicted octanol–water partition coefficient (Wildman–Crippen LogP) is 2.67. The second-order valence-electron chi connectivity index (χ2n) is 5.52. The van der Waals surface area contributed by atoms with E-state index in [1.54, 1.807) is 0 Å². The molecule has 106 valence electrons. The standard InChI is InChI=1S/C16H27N3/c1-3-4-10-16(15-8-6-5-7-9-15)17-19-13-11-18(2)12-14-19/h5-9,16-17H,3-4,10-14H2,1-2H3. The van der Waals surface area contributed by atoms with E-state index in [4.69, 9.17) is 0 Å². The van der Waals surface area contributed by atoms with Crippen LogP contribution in [0.5, 0.6) is 0 Å². The lowest BCUT2D eigenvalue weighted by atomic mass is 10.0. The van der Waals surface area contributed by atoms with Gasteiger partial charge in [0.05, 0.1) is 0 Å². The average molecular weight is 261 g/mol. The largest absolute Gasteiger partial charge is 0.304 e. The van der Waals surface area contributed by atoms with Crippen molar-refractivity contribution in [2.75, 3.05) is 33.2 Å². The zero-order chi connectivity index (χ0) is 13.5. The number of hydrogen-bond donors (Lipinski definition) is 1. The number of likely N-dealkylation sites (N-methyl/N-ethyl adjacent to an activating group) is 1. The maximum Gasteiger partial charge on any atom is 0.0464 e. The van der Waals surface area contributed by atoms with Gasteiger partial charge in [-0.05, 0) is 19.0 Å².